The van der Waals surface area contributed by atoms with E-state index in [-0.39, 0.29) is 12.3 Å². The van der Waals surface area contributed by atoms with Crippen molar-refractivity contribution in [3.8, 4) is 17.6 Å². The van der Waals surface area contributed by atoms with Crippen LogP contribution in [0, 0.1) is 41.5 Å². The first-order chi connectivity index (χ1) is 16.7. The number of ether oxygens (including phenoxy) is 1. The summed E-state index contributed by atoms with van der Waals surface area (Å²) < 4.78 is 7.62. The number of carbonyl (C=O) groups excluding carboxylic acids is 1. The van der Waals surface area contributed by atoms with Crippen LogP contribution >= 0.6 is 0 Å². The van der Waals surface area contributed by atoms with Crippen molar-refractivity contribution in [3.05, 3.63) is 87.6 Å². The summed E-state index contributed by atoms with van der Waals surface area (Å²) in [5.74, 6) is 1.73. The number of carbonyl (C=O) groups is 1. The minimum absolute atomic E-state index is 0.0900. The summed E-state index contributed by atoms with van der Waals surface area (Å²) in [4.78, 5) is 26.1. The smallest absolute Gasteiger partial charge is 0.251 e. The molecule has 1 aromatic carbocycles. The van der Waals surface area contributed by atoms with E-state index in [1.807, 2.05) is 77.9 Å². The molecule has 0 saturated heterocycles. The molecular weight excluding hydrogens is 440 g/mol. The van der Waals surface area contributed by atoms with Crippen LogP contribution in [-0.4, -0.2) is 30.6 Å². The summed E-state index contributed by atoms with van der Waals surface area (Å²) in [7, 11) is 0. The molecule has 0 bridgehead atoms. The molecule has 0 saturated carbocycles. The number of hydrogen-bond acceptors (Lipinski definition) is 6. The molecular formula is C27H30N6O2. The van der Waals surface area contributed by atoms with Crippen LogP contribution < -0.4 is 10.1 Å². The number of amides is 1. The lowest BCUT2D eigenvalue weighted by Crippen LogP contribution is -2.25. The van der Waals surface area contributed by atoms with E-state index in [1.165, 1.54) is 0 Å². The highest BCUT2D eigenvalue weighted by Gasteiger charge is 2.17. The van der Waals surface area contributed by atoms with Gasteiger partial charge in [0.15, 0.2) is 0 Å². The molecule has 3 heterocycles. The fourth-order valence-corrected chi connectivity index (χ4v) is 3.86. The lowest BCUT2D eigenvalue weighted by Gasteiger charge is -2.10. The first-order valence-electron chi connectivity index (χ1n) is 11.5. The molecule has 8 nitrogen and oxygen atoms in total. The molecule has 4 aromatic rings. The Kier molecular flexibility index (Phi) is 6.91. The number of rotatable bonds is 7. The molecule has 4 rings (SSSR count). The van der Waals surface area contributed by atoms with Crippen molar-refractivity contribution in [3.63, 3.8) is 0 Å². The molecule has 0 aliphatic rings. The van der Waals surface area contributed by atoms with Crippen LogP contribution in [0.15, 0.2) is 42.6 Å². The lowest BCUT2D eigenvalue weighted by molar-refractivity contribution is -0.120. The SMILES string of the molecule is Cc1ccc(C)c(Oc2ccc(CNC(=O)Cc3c(C)nn(-c4nc(C)cc(C)n4)c3C)cn2)c1. The van der Waals surface area contributed by atoms with Crippen LogP contribution in [0.2, 0.25) is 0 Å². The van der Waals surface area contributed by atoms with Gasteiger partial charge in [0, 0.05) is 41.5 Å². The monoisotopic (exact) mass is 470 g/mol. The van der Waals surface area contributed by atoms with Crippen molar-refractivity contribution in [1.82, 2.24) is 30.0 Å². The maximum Gasteiger partial charge on any atom is 0.251 e. The molecule has 0 fully saturated rings. The van der Waals surface area contributed by atoms with E-state index in [9.17, 15) is 4.79 Å². The zero-order valence-electron chi connectivity index (χ0n) is 21.0. The maximum absolute atomic E-state index is 12.7. The molecule has 0 unspecified atom stereocenters. The van der Waals surface area contributed by atoms with Gasteiger partial charge in [0.05, 0.1) is 12.1 Å². The predicted octanol–water partition coefficient (Wildman–Crippen LogP) is 4.56. The third kappa shape index (κ3) is 5.71. The van der Waals surface area contributed by atoms with Gasteiger partial charge in [-0.05, 0) is 70.4 Å². The number of aromatic nitrogens is 5. The summed E-state index contributed by atoms with van der Waals surface area (Å²) in [6.07, 6.45) is 1.94. The largest absolute Gasteiger partial charge is 0.439 e. The Morgan fingerprint density at radius 1 is 0.971 bits per heavy atom. The summed E-state index contributed by atoms with van der Waals surface area (Å²) in [6, 6.07) is 11.7. The van der Waals surface area contributed by atoms with Gasteiger partial charge in [-0.1, -0.05) is 18.2 Å². The third-order valence-corrected chi connectivity index (χ3v) is 5.78. The van der Waals surface area contributed by atoms with Gasteiger partial charge in [-0.25, -0.2) is 19.6 Å². The summed E-state index contributed by atoms with van der Waals surface area (Å²) in [6.45, 7) is 12.1. The number of benzene rings is 1. The van der Waals surface area contributed by atoms with Gasteiger partial charge in [0.25, 0.3) is 5.95 Å². The van der Waals surface area contributed by atoms with Gasteiger partial charge in [-0.3, -0.25) is 4.79 Å². The van der Waals surface area contributed by atoms with E-state index in [2.05, 4.69) is 25.4 Å². The summed E-state index contributed by atoms with van der Waals surface area (Å²) >= 11 is 0. The van der Waals surface area contributed by atoms with Crippen molar-refractivity contribution in [2.45, 2.75) is 54.5 Å². The molecule has 1 N–H and O–H groups in total. The van der Waals surface area contributed by atoms with Crippen LogP contribution in [0.1, 0.15) is 45.0 Å². The standard InChI is InChI=1S/C27H30N6O2/c1-16-7-8-17(2)24(11-16)35-26-10-9-22(15-29-26)14-28-25(34)13-23-20(5)32-33(21(23)6)27-30-18(3)12-19(4)31-27/h7-12,15H,13-14H2,1-6H3,(H,28,34). The van der Waals surface area contributed by atoms with Gasteiger partial charge in [0.1, 0.15) is 5.75 Å². The van der Waals surface area contributed by atoms with Crippen molar-refractivity contribution < 1.29 is 9.53 Å². The third-order valence-electron chi connectivity index (χ3n) is 5.78. The Bertz CT molecular complexity index is 1360. The van der Waals surface area contributed by atoms with Crippen molar-refractivity contribution in [1.29, 1.82) is 0 Å². The highest BCUT2D eigenvalue weighted by Crippen LogP contribution is 2.24. The Labute approximate surface area is 205 Å². The summed E-state index contributed by atoms with van der Waals surface area (Å²) in [5.41, 5.74) is 7.33. The van der Waals surface area contributed by atoms with E-state index < -0.39 is 0 Å². The van der Waals surface area contributed by atoms with E-state index in [0.29, 0.717) is 18.4 Å². The molecule has 3 aromatic heterocycles. The fourth-order valence-electron chi connectivity index (χ4n) is 3.86. The fraction of sp³-hybridized carbons (Fsp3) is 0.296. The number of hydrogen-bond donors (Lipinski definition) is 1. The van der Waals surface area contributed by atoms with Gasteiger partial charge in [0.2, 0.25) is 11.8 Å². The highest BCUT2D eigenvalue weighted by atomic mass is 16.5. The number of nitrogens with zero attached hydrogens (tertiary/aromatic N) is 5. The normalized spacial score (nSPS) is 10.9. The second kappa shape index (κ2) is 10.0. The van der Waals surface area contributed by atoms with Gasteiger partial charge >= 0.3 is 0 Å². The second-order valence-corrected chi connectivity index (χ2v) is 8.84. The summed E-state index contributed by atoms with van der Waals surface area (Å²) in [5, 5.41) is 7.54. The topological polar surface area (TPSA) is 94.8 Å². The number of nitrogens with one attached hydrogen (secondary N) is 1. The van der Waals surface area contributed by atoms with E-state index in [1.54, 1.807) is 10.9 Å². The van der Waals surface area contributed by atoms with Crippen molar-refractivity contribution >= 4 is 5.91 Å². The van der Waals surface area contributed by atoms with Crippen molar-refractivity contribution in [2.24, 2.45) is 0 Å². The zero-order valence-corrected chi connectivity index (χ0v) is 21.0. The number of aryl methyl sites for hydroxylation is 5. The van der Waals surface area contributed by atoms with Gasteiger partial charge in [-0.2, -0.15) is 5.10 Å². The minimum Gasteiger partial charge on any atom is -0.439 e. The molecule has 0 aliphatic heterocycles. The zero-order chi connectivity index (χ0) is 25.1. The Balaban J connectivity index is 1.38. The van der Waals surface area contributed by atoms with Gasteiger partial charge < -0.3 is 10.1 Å². The molecule has 1 amide bonds. The van der Waals surface area contributed by atoms with Crippen LogP contribution in [0.3, 0.4) is 0 Å². The molecule has 180 valence electrons. The first kappa shape index (κ1) is 24.1. The molecule has 0 spiro atoms. The first-order valence-corrected chi connectivity index (χ1v) is 11.5. The Morgan fingerprint density at radius 3 is 2.40 bits per heavy atom. The highest BCUT2D eigenvalue weighted by molar-refractivity contribution is 5.79. The quantitative estimate of drug-likeness (QED) is 0.426. The van der Waals surface area contributed by atoms with E-state index in [0.717, 1.165) is 50.8 Å². The average molecular weight is 471 g/mol. The Morgan fingerprint density at radius 2 is 1.71 bits per heavy atom. The lowest BCUT2D eigenvalue weighted by atomic mass is 10.1. The van der Waals surface area contributed by atoms with Crippen LogP contribution in [0.5, 0.6) is 11.6 Å². The van der Waals surface area contributed by atoms with Crippen molar-refractivity contribution in [2.75, 3.05) is 0 Å². The van der Waals surface area contributed by atoms with E-state index >= 15 is 0 Å². The number of pyridine rings is 1. The second-order valence-electron chi connectivity index (χ2n) is 8.84. The van der Waals surface area contributed by atoms with Crippen LogP contribution in [0.4, 0.5) is 0 Å². The maximum atomic E-state index is 12.7. The average Bonchev–Trinajstić information content (AvgIpc) is 3.09. The van der Waals surface area contributed by atoms with Crippen LogP contribution in [0.25, 0.3) is 5.95 Å². The molecule has 0 aliphatic carbocycles. The molecule has 0 atom stereocenters. The minimum atomic E-state index is -0.0900. The van der Waals surface area contributed by atoms with Gasteiger partial charge in [-0.15, -0.1) is 0 Å². The predicted molar refractivity (Wildman–Crippen MR) is 134 cm³/mol. The Hall–Kier alpha value is -4.07. The van der Waals surface area contributed by atoms with E-state index in [4.69, 9.17) is 4.74 Å². The molecule has 8 heteroatoms. The molecule has 0 radical (unpaired) electrons. The molecule has 35 heavy (non-hydrogen) atoms. The van der Waals surface area contributed by atoms with Crippen LogP contribution in [-0.2, 0) is 17.8 Å².